The van der Waals surface area contributed by atoms with Crippen LogP contribution in [-0.4, -0.2) is 115 Å². The first-order valence-corrected chi connectivity index (χ1v) is 23.2. The van der Waals surface area contributed by atoms with E-state index < -0.39 is 24.3 Å². The molecule has 2 aromatic heterocycles. The van der Waals surface area contributed by atoms with Gasteiger partial charge in [-0.05, 0) is 79.2 Å². The number of carbonyl (C=O) groups is 4. The molecule has 346 valence electrons. The number of aliphatic imine (C=N–C) groups is 1. The van der Waals surface area contributed by atoms with Gasteiger partial charge in [0.25, 0.3) is 17.8 Å². The Morgan fingerprint density at radius 2 is 1.17 bits per heavy atom. The van der Waals surface area contributed by atoms with Crippen LogP contribution in [0, 0.1) is 0 Å². The van der Waals surface area contributed by atoms with Crippen LogP contribution in [0.25, 0.3) is 0 Å². The Labute approximate surface area is 391 Å². The SMILES string of the molecule is CCC(OC)(OC)OC.CCC1=NCCN1c1ccc(N2C[C@H](CNC(=O)c3ccc(Cl)s3)OC2=O)cc1.CCCNc1ccc(N2C[C@H](CNC(=O)c3ccc(Cl)s3)OC2=O)cc1. The largest absolute Gasteiger partial charge is 0.442 e. The maximum atomic E-state index is 12.3. The quantitative estimate of drug-likeness (QED) is 0.0865. The molecule has 4 aromatic rings. The van der Waals surface area contributed by atoms with Gasteiger partial charge in [-0.3, -0.25) is 24.4 Å². The number of thiophene rings is 2. The number of ether oxygens (including phenoxy) is 5. The molecule has 0 bridgehead atoms. The van der Waals surface area contributed by atoms with Gasteiger partial charge >= 0.3 is 12.2 Å². The average molecular weight is 961 g/mol. The summed E-state index contributed by atoms with van der Waals surface area (Å²) in [5, 5.41) is 8.86. The smallest absolute Gasteiger partial charge is 0.414 e. The predicted octanol–water partition coefficient (Wildman–Crippen LogP) is 8.75. The topological polar surface area (TPSA) is 173 Å². The zero-order valence-electron chi connectivity index (χ0n) is 36.7. The first kappa shape index (κ1) is 50.1. The molecule has 5 heterocycles. The minimum absolute atomic E-state index is 0.220. The van der Waals surface area contributed by atoms with E-state index >= 15 is 0 Å². The van der Waals surface area contributed by atoms with Crippen molar-refractivity contribution in [1.82, 2.24) is 10.6 Å². The van der Waals surface area contributed by atoms with Gasteiger partial charge in [0.15, 0.2) is 0 Å². The Bertz CT molecular complexity index is 2170. The lowest BCUT2D eigenvalue weighted by atomic mass is 10.2. The van der Waals surface area contributed by atoms with Crippen LogP contribution in [0.5, 0.6) is 0 Å². The van der Waals surface area contributed by atoms with Crippen LogP contribution in [0.3, 0.4) is 0 Å². The number of halogens is 2. The molecule has 3 aliphatic heterocycles. The van der Waals surface area contributed by atoms with Gasteiger partial charge in [-0.15, -0.1) is 22.7 Å². The van der Waals surface area contributed by atoms with Crippen LogP contribution in [0.1, 0.15) is 59.4 Å². The number of carbonyl (C=O) groups excluding carboxylic acids is 4. The van der Waals surface area contributed by atoms with Crippen molar-refractivity contribution in [3.63, 3.8) is 0 Å². The van der Waals surface area contributed by atoms with Crippen LogP contribution in [0.2, 0.25) is 8.67 Å². The van der Waals surface area contributed by atoms with E-state index in [-0.39, 0.29) is 31.0 Å². The number of hydrogen-bond acceptors (Lipinski definition) is 14. The Balaban J connectivity index is 0.000000204. The van der Waals surface area contributed by atoms with Gasteiger partial charge in [-0.25, -0.2) is 9.59 Å². The molecule has 20 heteroatoms. The summed E-state index contributed by atoms with van der Waals surface area (Å²) in [6, 6.07) is 22.2. The molecule has 0 radical (unpaired) electrons. The Hall–Kier alpha value is -4.95. The van der Waals surface area contributed by atoms with Gasteiger partial charge in [0, 0.05) is 70.0 Å². The first-order chi connectivity index (χ1) is 30.9. The Kier molecular flexibility index (Phi) is 19.1. The van der Waals surface area contributed by atoms with E-state index in [1.165, 1.54) is 22.7 Å². The number of nitrogens with one attached hydrogen (secondary N) is 3. The molecule has 4 amide bonds. The van der Waals surface area contributed by atoms with Crippen LogP contribution in [0.4, 0.5) is 32.3 Å². The second-order valence-electron chi connectivity index (χ2n) is 14.3. The summed E-state index contributed by atoms with van der Waals surface area (Å²) < 4.78 is 26.7. The van der Waals surface area contributed by atoms with Crippen LogP contribution < -0.4 is 30.7 Å². The van der Waals surface area contributed by atoms with Gasteiger partial charge in [0.1, 0.15) is 18.0 Å². The second-order valence-corrected chi connectivity index (χ2v) is 17.7. The van der Waals surface area contributed by atoms with Gasteiger partial charge < -0.3 is 44.5 Å². The molecule has 0 spiro atoms. The highest BCUT2D eigenvalue weighted by Crippen LogP contribution is 2.28. The molecule has 16 nitrogen and oxygen atoms in total. The number of amides is 4. The van der Waals surface area contributed by atoms with Crippen molar-refractivity contribution in [1.29, 1.82) is 0 Å². The van der Waals surface area contributed by atoms with Crippen molar-refractivity contribution < 1.29 is 42.9 Å². The normalized spacial score (nSPS) is 16.9. The van der Waals surface area contributed by atoms with E-state index in [1.807, 2.05) is 55.5 Å². The number of cyclic esters (lactones) is 2. The third kappa shape index (κ3) is 13.5. The minimum Gasteiger partial charge on any atom is -0.442 e. The average Bonchev–Trinajstić information content (AvgIpc) is 4.18. The van der Waals surface area contributed by atoms with Gasteiger partial charge in [0.2, 0.25) is 0 Å². The fraction of sp³-hybridized carbons (Fsp3) is 0.432. The molecule has 3 aliphatic rings. The van der Waals surface area contributed by atoms with Crippen molar-refractivity contribution in [2.75, 3.05) is 87.2 Å². The summed E-state index contributed by atoms with van der Waals surface area (Å²) in [4.78, 5) is 59.5. The number of anilines is 4. The molecule has 0 aliphatic carbocycles. The molecule has 2 fully saturated rings. The fourth-order valence-corrected chi connectivity index (χ4v) is 8.65. The minimum atomic E-state index is -0.833. The van der Waals surface area contributed by atoms with E-state index in [2.05, 4.69) is 39.7 Å². The molecule has 2 saturated heterocycles. The summed E-state index contributed by atoms with van der Waals surface area (Å²) in [7, 11) is 4.66. The number of amidine groups is 1. The van der Waals surface area contributed by atoms with Crippen molar-refractivity contribution >= 4 is 98.5 Å². The zero-order chi connectivity index (χ0) is 46.2. The number of benzene rings is 2. The van der Waals surface area contributed by atoms with Crippen LogP contribution >= 0.6 is 45.9 Å². The van der Waals surface area contributed by atoms with E-state index in [0.29, 0.717) is 37.9 Å². The van der Waals surface area contributed by atoms with Gasteiger partial charge in [-0.1, -0.05) is 44.0 Å². The van der Waals surface area contributed by atoms with E-state index in [9.17, 15) is 19.2 Å². The summed E-state index contributed by atoms with van der Waals surface area (Å²) in [6.07, 6.45) is 1.01. The molecular formula is C44H55Cl2N7O9S2. The highest BCUT2D eigenvalue weighted by Gasteiger charge is 2.34. The van der Waals surface area contributed by atoms with Gasteiger partial charge in [0.05, 0.1) is 51.2 Å². The second kappa shape index (κ2) is 24.4. The third-order valence-corrected chi connectivity index (χ3v) is 12.6. The standard InChI is InChI=1S/C20H21ClN4O3S.C18H20ClN3O3S.C6H14O3/c1-2-18-22-9-10-24(18)13-3-5-14(6-4-13)25-12-15(28-20(25)27)11-23-19(26)16-7-8-17(21)29-16;1-2-9-20-12-3-5-13(6-4-12)22-11-14(25-18(22)24)10-21-17(23)15-7-8-16(19)26-15;1-5-6(7-2,8-3)9-4/h3-8,15H,2,9-12H2,1H3,(H,23,26);3-8,14,20H,2,9-11H2,1H3,(H,21,23);5H2,1-4H3/t15-;14-;/m00./s1. The number of methoxy groups -OCH3 is 3. The molecule has 3 N–H and O–H groups in total. The predicted molar refractivity (Wildman–Crippen MR) is 254 cm³/mol. The fourth-order valence-electron chi connectivity index (χ4n) is 6.74. The van der Waals surface area contributed by atoms with Crippen molar-refractivity contribution in [3.8, 4) is 0 Å². The Morgan fingerprint density at radius 3 is 1.55 bits per heavy atom. The monoisotopic (exact) mass is 959 g/mol. The lowest BCUT2D eigenvalue weighted by molar-refractivity contribution is -0.352. The summed E-state index contributed by atoms with van der Waals surface area (Å²) in [5.41, 5.74) is 3.63. The lowest BCUT2D eigenvalue weighted by Gasteiger charge is -2.26. The van der Waals surface area contributed by atoms with E-state index in [4.69, 9.17) is 46.9 Å². The molecule has 7 rings (SSSR count). The van der Waals surface area contributed by atoms with E-state index in [0.717, 1.165) is 61.1 Å². The number of hydrogen-bond donors (Lipinski definition) is 3. The van der Waals surface area contributed by atoms with Crippen molar-refractivity contribution in [2.24, 2.45) is 4.99 Å². The maximum Gasteiger partial charge on any atom is 0.414 e. The molecule has 64 heavy (non-hydrogen) atoms. The Morgan fingerprint density at radius 1 is 0.719 bits per heavy atom. The number of rotatable bonds is 17. The van der Waals surface area contributed by atoms with Crippen LogP contribution in [-0.2, 0) is 23.7 Å². The molecule has 2 atom stereocenters. The molecular weight excluding hydrogens is 906 g/mol. The van der Waals surface area contributed by atoms with Crippen LogP contribution in [0.15, 0.2) is 77.8 Å². The third-order valence-electron chi connectivity index (χ3n) is 10.2. The zero-order valence-corrected chi connectivity index (χ0v) is 39.8. The molecule has 2 aromatic carbocycles. The molecule has 0 unspecified atom stereocenters. The summed E-state index contributed by atoms with van der Waals surface area (Å²) in [5.74, 6) is -0.191. The number of nitrogens with zero attached hydrogens (tertiary/aromatic N) is 4. The van der Waals surface area contributed by atoms with Gasteiger partial charge in [-0.2, -0.15) is 0 Å². The maximum absolute atomic E-state index is 12.3. The van der Waals surface area contributed by atoms with Crippen molar-refractivity contribution in [3.05, 3.63) is 91.2 Å². The highest BCUT2D eigenvalue weighted by molar-refractivity contribution is 7.18. The highest BCUT2D eigenvalue weighted by atomic mass is 35.5. The summed E-state index contributed by atoms with van der Waals surface area (Å²) in [6.45, 7) is 10.0. The van der Waals surface area contributed by atoms with E-state index in [1.54, 1.807) is 55.4 Å². The van der Waals surface area contributed by atoms with Crippen molar-refractivity contribution in [2.45, 2.75) is 58.2 Å². The molecule has 0 saturated carbocycles. The first-order valence-electron chi connectivity index (χ1n) is 20.8. The summed E-state index contributed by atoms with van der Waals surface area (Å²) >= 11 is 14.1. The lowest BCUT2D eigenvalue weighted by Crippen LogP contribution is -2.34.